The molecule has 2 unspecified atom stereocenters. The molecule has 250 valence electrons. The lowest BCUT2D eigenvalue weighted by Crippen LogP contribution is -2.40. The van der Waals surface area contributed by atoms with Crippen molar-refractivity contribution in [1.82, 2.24) is 9.80 Å². The zero-order valence-electron chi connectivity index (χ0n) is 29.0. The quantitative estimate of drug-likeness (QED) is 0.110. The molecule has 0 amide bonds. The van der Waals surface area contributed by atoms with E-state index >= 15 is 0 Å². The molecule has 1 aromatic carbocycles. The van der Waals surface area contributed by atoms with Crippen LogP contribution in [-0.4, -0.2) is 62.7 Å². The summed E-state index contributed by atoms with van der Waals surface area (Å²) in [6, 6.07) is 8.25. The Morgan fingerprint density at radius 2 is 0.884 bits per heavy atom. The minimum atomic E-state index is 0.0167. The van der Waals surface area contributed by atoms with Gasteiger partial charge in [0.05, 0.1) is 13.2 Å². The van der Waals surface area contributed by atoms with E-state index in [1.807, 2.05) is 0 Å². The Hall–Kier alpha value is -1.30. The molecule has 0 aromatic heterocycles. The summed E-state index contributed by atoms with van der Waals surface area (Å²) in [6.45, 7) is 8.11. The predicted molar refractivity (Wildman–Crippen MR) is 184 cm³/mol. The summed E-state index contributed by atoms with van der Waals surface area (Å²) in [7, 11) is 4.40. The van der Waals surface area contributed by atoms with Crippen LogP contribution in [0.1, 0.15) is 155 Å². The maximum absolute atomic E-state index is 6.52. The Kier molecular flexibility index (Phi) is 22.9. The van der Waals surface area contributed by atoms with E-state index in [1.54, 1.807) is 0 Å². The Morgan fingerprint density at radius 1 is 0.535 bits per heavy atom. The van der Waals surface area contributed by atoms with E-state index in [0.717, 1.165) is 37.4 Å². The molecule has 0 radical (unpaired) electrons. The molecule has 5 heteroatoms. The van der Waals surface area contributed by atoms with Crippen LogP contribution in [0.25, 0.3) is 0 Å². The number of hydrogen-bond donors (Lipinski definition) is 0. The molecular weight excluding hydrogens is 532 g/mol. The average Bonchev–Trinajstić information content (AvgIpc) is 3.01. The van der Waals surface area contributed by atoms with Gasteiger partial charge in [0.2, 0.25) is 0 Å². The van der Waals surface area contributed by atoms with E-state index in [0.29, 0.717) is 13.2 Å². The second kappa shape index (κ2) is 26.0. The number of fused-ring (bicyclic) bond motifs is 2. The van der Waals surface area contributed by atoms with Crippen LogP contribution in [0.15, 0.2) is 24.3 Å². The summed E-state index contributed by atoms with van der Waals surface area (Å²) in [5.74, 6) is 1.77. The van der Waals surface area contributed by atoms with Gasteiger partial charge in [-0.2, -0.15) is 0 Å². The number of benzene rings is 1. The number of nitrogens with zero attached hydrogens (tertiary/aromatic N) is 2. The van der Waals surface area contributed by atoms with E-state index in [2.05, 4.69) is 62.0 Å². The second-order valence-electron chi connectivity index (χ2n) is 13.1. The van der Waals surface area contributed by atoms with Gasteiger partial charge in [-0.15, -0.1) is 0 Å². The van der Waals surface area contributed by atoms with E-state index in [1.165, 1.54) is 128 Å². The molecule has 0 aliphatic carbocycles. The topological polar surface area (TPSA) is 34.2 Å². The summed E-state index contributed by atoms with van der Waals surface area (Å²) in [4.78, 5) is 4.74. The van der Waals surface area contributed by atoms with Gasteiger partial charge in [-0.1, -0.05) is 135 Å². The fourth-order valence-electron chi connectivity index (χ4n) is 6.13. The fourth-order valence-corrected chi connectivity index (χ4v) is 6.13. The van der Waals surface area contributed by atoms with Crippen molar-refractivity contribution in [3.05, 3.63) is 24.3 Å². The lowest BCUT2D eigenvalue weighted by Gasteiger charge is -2.31. The highest BCUT2D eigenvalue weighted by molar-refractivity contribution is 5.33. The van der Waals surface area contributed by atoms with Crippen molar-refractivity contribution in [2.24, 2.45) is 0 Å². The molecule has 1 aliphatic heterocycles. The first-order chi connectivity index (χ1) is 21.1. The molecule has 1 heterocycles. The first kappa shape index (κ1) is 37.9. The van der Waals surface area contributed by atoms with Crippen LogP contribution in [0.2, 0.25) is 0 Å². The highest BCUT2D eigenvalue weighted by Crippen LogP contribution is 2.25. The average molecular weight is 603 g/mol. The lowest BCUT2D eigenvalue weighted by atomic mass is 10.1. The number of ether oxygens (including phenoxy) is 3. The van der Waals surface area contributed by atoms with Crippen LogP contribution in [-0.2, 0) is 4.74 Å². The van der Waals surface area contributed by atoms with Crippen molar-refractivity contribution in [3.63, 3.8) is 0 Å². The Balaban J connectivity index is 1.71. The molecule has 43 heavy (non-hydrogen) atoms. The van der Waals surface area contributed by atoms with Crippen molar-refractivity contribution in [3.8, 4) is 11.5 Å². The van der Waals surface area contributed by atoms with Crippen molar-refractivity contribution in [2.45, 2.75) is 168 Å². The molecule has 1 aliphatic rings. The van der Waals surface area contributed by atoms with E-state index in [9.17, 15) is 0 Å². The second-order valence-corrected chi connectivity index (χ2v) is 13.1. The molecule has 2 rings (SSSR count). The zero-order chi connectivity index (χ0) is 30.8. The molecule has 2 bridgehead atoms. The van der Waals surface area contributed by atoms with Gasteiger partial charge in [0, 0.05) is 32.0 Å². The first-order valence-corrected chi connectivity index (χ1v) is 18.6. The normalized spacial score (nSPS) is 17.8. The fraction of sp³-hybridized carbons (Fsp3) is 0.842. The molecule has 0 fully saturated rings. The van der Waals surface area contributed by atoms with E-state index < -0.39 is 0 Å². The SMILES string of the molecule is CCCCCCCCCCCCN(C)C1CCOCCC(N(C)CCCCCCCCCCCC)Oc2cccc(c2)O1. The van der Waals surface area contributed by atoms with Gasteiger partial charge in [0.25, 0.3) is 0 Å². The van der Waals surface area contributed by atoms with Crippen LogP contribution >= 0.6 is 0 Å². The molecule has 0 N–H and O–H groups in total. The van der Waals surface area contributed by atoms with Crippen LogP contribution in [0, 0.1) is 0 Å². The lowest BCUT2D eigenvalue weighted by molar-refractivity contribution is -0.0157. The number of hydrogen-bond acceptors (Lipinski definition) is 5. The van der Waals surface area contributed by atoms with Crippen LogP contribution in [0.4, 0.5) is 0 Å². The summed E-state index contributed by atoms with van der Waals surface area (Å²) < 4.78 is 19.2. The van der Waals surface area contributed by atoms with Crippen LogP contribution < -0.4 is 9.47 Å². The highest BCUT2D eigenvalue weighted by atomic mass is 16.5. The predicted octanol–water partition coefficient (Wildman–Crippen LogP) is 10.6. The number of rotatable bonds is 24. The molecule has 0 spiro atoms. The van der Waals surface area contributed by atoms with Gasteiger partial charge in [-0.05, 0) is 39.1 Å². The van der Waals surface area contributed by atoms with Crippen molar-refractivity contribution < 1.29 is 14.2 Å². The van der Waals surface area contributed by atoms with E-state index in [4.69, 9.17) is 14.2 Å². The summed E-state index contributed by atoms with van der Waals surface area (Å²) >= 11 is 0. The largest absolute Gasteiger partial charge is 0.475 e. The maximum atomic E-state index is 6.52. The Bertz CT molecular complexity index is 703. The number of unbranched alkanes of at least 4 members (excludes halogenated alkanes) is 18. The maximum Gasteiger partial charge on any atom is 0.154 e. The summed E-state index contributed by atoms with van der Waals surface area (Å²) in [5, 5.41) is 0. The highest BCUT2D eigenvalue weighted by Gasteiger charge is 2.21. The van der Waals surface area contributed by atoms with Crippen LogP contribution in [0.3, 0.4) is 0 Å². The van der Waals surface area contributed by atoms with Gasteiger partial charge >= 0.3 is 0 Å². The molecular formula is C38H70N2O3. The minimum absolute atomic E-state index is 0.0167. The molecule has 1 aromatic rings. The first-order valence-electron chi connectivity index (χ1n) is 18.6. The smallest absolute Gasteiger partial charge is 0.154 e. The summed E-state index contributed by atoms with van der Waals surface area (Å²) in [5.41, 5.74) is 0. The van der Waals surface area contributed by atoms with Crippen molar-refractivity contribution in [1.29, 1.82) is 0 Å². The van der Waals surface area contributed by atoms with Crippen molar-refractivity contribution >= 4 is 0 Å². The van der Waals surface area contributed by atoms with Gasteiger partial charge in [-0.3, -0.25) is 9.80 Å². The third-order valence-corrected chi connectivity index (χ3v) is 9.08. The van der Waals surface area contributed by atoms with Gasteiger partial charge < -0.3 is 14.2 Å². The Labute approximate surface area is 267 Å². The third-order valence-electron chi connectivity index (χ3n) is 9.08. The monoisotopic (exact) mass is 603 g/mol. The summed E-state index contributed by atoms with van der Waals surface area (Å²) in [6.07, 6.45) is 29.1. The van der Waals surface area contributed by atoms with Gasteiger partial charge in [-0.25, -0.2) is 0 Å². The molecule has 5 nitrogen and oxygen atoms in total. The third kappa shape index (κ3) is 19.0. The molecule has 0 saturated heterocycles. The van der Waals surface area contributed by atoms with E-state index in [-0.39, 0.29) is 12.5 Å². The van der Waals surface area contributed by atoms with Crippen molar-refractivity contribution in [2.75, 3.05) is 40.4 Å². The van der Waals surface area contributed by atoms with Gasteiger partial charge in [0.1, 0.15) is 11.5 Å². The van der Waals surface area contributed by atoms with Gasteiger partial charge in [0.15, 0.2) is 12.5 Å². The molecule has 0 saturated carbocycles. The standard InChI is InChI=1S/C38H70N2O3/c1-5-7-9-11-13-15-17-19-21-23-30-39(3)37-28-32-41-33-29-38(43-36-27-25-26-35(34-36)42-37)40(4)31-24-22-20-18-16-14-12-10-8-6-2/h25-27,34,37-38H,5-24,28-33H2,1-4H3. The molecule has 2 atom stereocenters. The zero-order valence-corrected chi connectivity index (χ0v) is 29.0. The van der Waals surface area contributed by atoms with Crippen LogP contribution in [0.5, 0.6) is 11.5 Å². The Morgan fingerprint density at radius 3 is 1.26 bits per heavy atom. The minimum Gasteiger partial charge on any atom is -0.475 e.